The molecule has 0 aliphatic carbocycles. The molecule has 0 unspecified atom stereocenters. The Morgan fingerprint density at radius 3 is 1.59 bits per heavy atom. The van der Waals surface area contributed by atoms with Gasteiger partial charge in [-0.2, -0.15) is 0 Å². The minimum absolute atomic E-state index is 0.0201. The number of fused-ring (bicyclic) bond motifs is 6. The molecule has 0 radical (unpaired) electrons. The summed E-state index contributed by atoms with van der Waals surface area (Å²) in [4.78, 5) is 14.8. The summed E-state index contributed by atoms with van der Waals surface area (Å²) in [5.74, 6) is 1.52. The van der Waals surface area contributed by atoms with Gasteiger partial charge in [0.25, 0.3) is 0 Å². The number of furan rings is 1. The van der Waals surface area contributed by atoms with Crippen LogP contribution < -0.4 is 0 Å². The number of benzene rings is 8. The molecule has 56 heavy (non-hydrogen) atoms. The molecular weight excluding hydrogens is 685 g/mol. The van der Waals surface area contributed by atoms with E-state index in [0.717, 1.165) is 44.2 Å². The van der Waals surface area contributed by atoms with E-state index in [1.54, 1.807) is 4.57 Å². The topological polar surface area (TPSA) is 56.7 Å². The smallest absolute Gasteiger partial charge is 0.167 e. The van der Waals surface area contributed by atoms with E-state index in [9.17, 15) is 0 Å². The minimum atomic E-state index is -0.491. The molecule has 0 saturated heterocycles. The van der Waals surface area contributed by atoms with Gasteiger partial charge < -0.3 is 8.98 Å². The van der Waals surface area contributed by atoms with Crippen LogP contribution in [-0.4, -0.2) is 19.5 Å². The zero-order valence-corrected chi connectivity index (χ0v) is 29.6. The molecule has 0 spiro atoms. The van der Waals surface area contributed by atoms with Gasteiger partial charge in [-0.3, -0.25) is 0 Å². The molecule has 11 aromatic rings. The van der Waals surface area contributed by atoms with Gasteiger partial charge in [0.05, 0.1) is 27.6 Å². The summed E-state index contributed by atoms with van der Waals surface area (Å²) in [5, 5.41) is 1.71. The van der Waals surface area contributed by atoms with Gasteiger partial charge in [-0.1, -0.05) is 145 Å². The van der Waals surface area contributed by atoms with Crippen LogP contribution in [0.5, 0.6) is 0 Å². The summed E-state index contributed by atoms with van der Waals surface area (Å²) < 4.78 is 78.7. The predicted molar refractivity (Wildman–Crippen MR) is 229 cm³/mol. The minimum Gasteiger partial charge on any atom is -0.455 e. The fraction of sp³-hybridized carbons (Fsp3) is 0. The summed E-state index contributed by atoms with van der Waals surface area (Å²) in [5.41, 5.74) is 7.40. The monoisotopic (exact) mass is 724 g/mol. The third-order valence-electron chi connectivity index (χ3n) is 10.1. The molecule has 262 valence electrons. The van der Waals surface area contributed by atoms with Crippen LogP contribution >= 0.6 is 0 Å². The van der Waals surface area contributed by atoms with Crippen LogP contribution in [0.3, 0.4) is 0 Å². The maximum absolute atomic E-state index is 9.12. The van der Waals surface area contributed by atoms with Gasteiger partial charge in [0.1, 0.15) is 11.2 Å². The van der Waals surface area contributed by atoms with Crippen molar-refractivity contribution in [2.24, 2.45) is 0 Å². The van der Waals surface area contributed by atoms with E-state index in [1.807, 2.05) is 146 Å². The molecule has 3 heterocycles. The lowest BCUT2D eigenvalue weighted by Gasteiger charge is -2.14. The number of aromatic nitrogens is 4. The first-order valence-electron chi connectivity index (χ1n) is 22.1. The number of hydrogen-bond acceptors (Lipinski definition) is 4. The SMILES string of the molecule is [2H]c1c([2H])c([2H])c2c(c1[2H])c1c([2H])c([2H])c([2H])c([2H])c1n2-c1cc(-c2ccccc2)cc(-c2ccc3oc4c(-c5nc(-c6ccccc6)nc(-c6ccccc6)n5)cccc4c3c2)c1. The van der Waals surface area contributed by atoms with E-state index in [0.29, 0.717) is 39.9 Å². The summed E-state index contributed by atoms with van der Waals surface area (Å²) in [6, 6.07) is 43.4. The number of rotatable bonds is 6. The van der Waals surface area contributed by atoms with Crippen LogP contribution in [0.25, 0.3) is 106 Å². The Morgan fingerprint density at radius 1 is 0.411 bits per heavy atom. The average Bonchev–Trinajstić information content (AvgIpc) is 3.91. The normalized spacial score (nSPS) is 13.6. The Kier molecular flexibility index (Phi) is 5.74. The van der Waals surface area contributed by atoms with Crippen molar-refractivity contribution in [3.8, 4) is 62.1 Å². The molecule has 0 amide bonds. The summed E-state index contributed by atoms with van der Waals surface area (Å²) in [6.45, 7) is 0. The summed E-state index contributed by atoms with van der Waals surface area (Å²) in [6.07, 6.45) is 0. The molecule has 8 aromatic carbocycles. The van der Waals surface area contributed by atoms with E-state index < -0.39 is 24.2 Å². The number of nitrogens with zero attached hydrogens (tertiary/aromatic N) is 4. The zero-order valence-electron chi connectivity index (χ0n) is 37.6. The quantitative estimate of drug-likeness (QED) is 0.171. The van der Waals surface area contributed by atoms with Crippen molar-refractivity contribution in [2.75, 3.05) is 0 Å². The Morgan fingerprint density at radius 2 is 0.964 bits per heavy atom. The first kappa shape index (κ1) is 24.6. The van der Waals surface area contributed by atoms with Crippen molar-refractivity contribution in [3.05, 3.63) is 194 Å². The van der Waals surface area contributed by atoms with Crippen LogP contribution in [0.2, 0.25) is 0 Å². The highest BCUT2D eigenvalue weighted by molar-refractivity contribution is 6.11. The van der Waals surface area contributed by atoms with Gasteiger partial charge in [-0.15, -0.1) is 0 Å². The molecule has 0 aliphatic rings. The van der Waals surface area contributed by atoms with Gasteiger partial charge in [0.2, 0.25) is 0 Å². The van der Waals surface area contributed by atoms with Gasteiger partial charge in [0.15, 0.2) is 17.5 Å². The highest BCUT2D eigenvalue weighted by Gasteiger charge is 2.19. The Balaban J connectivity index is 1.14. The second-order valence-corrected chi connectivity index (χ2v) is 13.5. The molecular formula is C51H32N4O. The van der Waals surface area contributed by atoms with Gasteiger partial charge in [0, 0.05) is 38.4 Å². The third-order valence-corrected chi connectivity index (χ3v) is 10.1. The van der Waals surface area contributed by atoms with Crippen LogP contribution in [-0.2, 0) is 0 Å². The lowest BCUT2D eigenvalue weighted by molar-refractivity contribution is 0.669. The standard InChI is InChI=1S/C51H32N4O/c1-4-15-33(16-5-1)37-29-38(31-39(30-37)55-45-25-12-10-21-40(45)41-22-11-13-26-46(41)55)36-27-28-47-44(32-36)42-23-14-24-43(48(42)56-47)51-53-49(34-17-6-2-7-18-34)52-50(54-51)35-19-8-3-9-20-35/h1-32H/i10D,11D,12D,13D,21D,22D,25D,26D. The lowest BCUT2D eigenvalue weighted by atomic mass is 9.96. The average molecular weight is 725 g/mol. The number of hydrogen-bond donors (Lipinski definition) is 0. The van der Waals surface area contributed by atoms with Gasteiger partial charge in [-0.05, 0) is 70.7 Å². The first-order chi connectivity index (χ1) is 31.1. The number of para-hydroxylation sites is 3. The van der Waals surface area contributed by atoms with E-state index in [-0.39, 0.29) is 46.0 Å². The fourth-order valence-corrected chi connectivity index (χ4v) is 7.47. The summed E-state index contributed by atoms with van der Waals surface area (Å²) in [7, 11) is 0. The van der Waals surface area contributed by atoms with Crippen molar-refractivity contribution >= 4 is 43.7 Å². The lowest BCUT2D eigenvalue weighted by Crippen LogP contribution is -2.00. The van der Waals surface area contributed by atoms with Crippen LogP contribution in [0, 0.1) is 0 Å². The van der Waals surface area contributed by atoms with Crippen LogP contribution in [0.15, 0.2) is 198 Å². The molecule has 0 fully saturated rings. The van der Waals surface area contributed by atoms with E-state index in [4.69, 9.17) is 30.3 Å². The van der Waals surface area contributed by atoms with Crippen LogP contribution in [0.1, 0.15) is 11.0 Å². The van der Waals surface area contributed by atoms with Gasteiger partial charge in [-0.25, -0.2) is 15.0 Å². The van der Waals surface area contributed by atoms with Crippen molar-refractivity contribution in [1.82, 2.24) is 19.5 Å². The first-order valence-corrected chi connectivity index (χ1v) is 18.1. The molecule has 5 nitrogen and oxygen atoms in total. The zero-order chi connectivity index (χ0) is 44.0. The van der Waals surface area contributed by atoms with Crippen LogP contribution in [0.4, 0.5) is 0 Å². The molecule has 3 aromatic heterocycles. The third kappa shape index (κ3) is 5.37. The van der Waals surface area contributed by atoms with E-state index >= 15 is 0 Å². The summed E-state index contributed by atoms with van der Waals surface area (Å²) >= 11 is 0. The van der Waals surface area contributed by atoms with Crippen molar-refractivity contribution in [1.29, 1.82) is 0 Å². The molecule has 0 saturated carbocycles. The molecule has 5 heteroatoms. The highest BCUT2D eigenvalue weighted by Crippen LogP contribution is 2.40. The largest absolute Gasteiger partial charge is 0.455 e. The Bertz CT molecular complexity index is 3570. The van der Waals surface area contributed by atoms with Crippen molar-refractivity contribution in [3.63, 3.8) is 0 Å². The fourth-order valence-electron chi connectivity index (χ4n) is 7.47. The maximum atomic E-state index is 9.12. The van der Waals surface area contributed by atoms with Crippen molar-refractivity contribution in [2.45, 2.75) is 0 Å². The van der Waals surface area contributed by atoms with E-state index in [2.05, 4.69) is 0 Å². The van der Waals surface area contributed by atoms with Gasteiger partial charge >= 0.3 is 0 Å². The Labute approximate surface area is 334 Å². The molecule has 0 aliphatic heterocycles. The Hall–Kier alpha value is -7.63. The van der Waals surface area contributed by atoms with E-state index in [1.165, 1.54) is 0 Å². The maximum Gasteiger partial charge on any atom is 0.167 e. The second-order valence-electron chi connectivity index (χ2n) is 13.5. The van der Waals surface area contributed by atoms with Crippen molar-refractivity contribution < 1.29 is 15.4 Å². The molecule has 11 rings (SSSR count). The molecule has 0 bridgehead atoms. The molecule has 0 N–H and O–H groups in total. The molecule has 0 atom stereocenters. The second kappa shape index (κ2) is 13.0. The predicted octanol–water partition coefficient (Wildman–Crippen LogP) is 13.2. The highest BCUT2D eigenvalue weighted by atomic mass is 16.3.